The molecule has 0 aliphatic heterocycles. The zero-order chi connectivity index (χ0) is 22.3. The maximum absolute atomic E-state index is 10.6. The molecule has 4 aromatic heterocycles. The third-order valence-corrected chi connectivity index (χ3v) is 5.70. The van der Waals surface area contributed by atoms with E-state index in [0.717, 1.165) is 40.4 Å². The summed E-state index contributed by atoms with van der Waals surface area (Å²) in [6.45, 7) is 0.739. The molecule has 1 aromatic carbocycles. The predicted octanol–water partition coefficient (Wildman–Crippen LogP) is 4.33. The Labute approximate surface area is 193 Å². The van der Waals surface area contributed by atoms with Crippen LogP contribution in [0.4, 0.5) is 5.69 Å². The lowest BCUT2D eigenvalue weighted by molar-refractivity contribution is 0.111. The number of nitrogens with zero attached hydrogens (tertiary/aromatic N) is 6. The minimum Gasteiger partial charge on any atom is -0.379 e. The first kappa shape index (κ1) is 21.8. The fraction of sp³-hybridized carbons (Fsp3) is 0.136. The Bertz CT molecular complexity index is 1330. The minimum absolute atomic E-state index is 0.549. The summed E-state index contributed by atoms with van der Waals surface area (Å²) in [6.07, 6.45) is 8.21. The van der Waals surface area contributed by atoms with E-state index >= 15 is 0 Å². The highest BCUT2D eigenvalue weighted by atomic mass is 32.2. The summed E-state index contributed by atoms with van der Waals surface area (Å²) >= 11 is 2.99. The first-order chi connectivity index (χ1) is 15.7. The van der Waals surface area contributed by atoms with Gasteiger partial charge in [-0.15, -0.1) is 10.2 Å². The maximum atomic E-state index is 10.6. The van der Waals surface area contributed by atoms with Crippen LogP contribution in [0.2, 0.25) is 0 Å². The maximum Gasteiger partial charge on any atom is 0.207 e. The lowest BCUT2D eigenvalue weighted by Crippen LogP contribution is -2.05. The number of carbonyl (C=O) groups is 1. The highest BCUT2D eigenvalue weighted by Gasteiger charge is 2.05. The van der Waals surface area contributed by atoms with Gasteiger partial charge < -0.3 is 5.32 Å². The second kappa shape index (κ2) is 10.3. The van der Waals surface area contributed by atoms with Crippen molar-refractivity contribution in [2.45, 2.75) is 16.9 Å². The number of para-hydroxylation sites is 1. The van der Waals surface area contributed by atoms with E-state index in [-0.39, 0.29) is 0 Å². The number of aromatic nitrogens is 6. The molecule has 0 atom stereocenters. The number of fused-ring (bicyclic) bond motifs is 2. The molecule has 0 spiro atoms. The Morgan fingerprint density at radius 1 is 0.844 bits per heavy atom. The van der Waals surface area contributed by atoms with Gasteiger partial charge in [-0.25, -0.2) is 19.0 Å². The Kier molecular flexibility index (Phi) is 7.03. The molecule has 5 rings (SSSR count). The van der Waals surface area contributed by atoms with Crippen molar-refractivity contribution in [3.8, 4) is 0 Å². The summed E-state index contributed by atoms with van der Waals surface area (Å²) in [7, 11) is 0. The molecule has 0 fully saturated rings. The molecule has 0 aliphatic carbocycles. The fourth-order valence-electron chi connectivity index (χ4n) is 3.01. The third-order valence-electron chi connectivity index (χ3n) is 4.60. The molecule has 8 nitrogen and oxygen atoms in total. The Morgan fingerprint density at radius 3 is 2.12 bits per heavy atom. The Hall–Kier alpha value is -3.37. The van der Waals surface area contributed by atoms with Crippen LogP contribution in [0.15, 0.2) is 77.3 Å². The van der Waals surface area contributed by atoms with Gasteiger partial charge in [0.1, 0.15) is 5.69 Å². The molecular weight excluding hydrogens is 442 g/mol. The molecule has 0 saturated carbocycles. The van der Waals surface area contributed by atoms with Gasteiger partial charge in [0.05, 0.1) is 35.7 Å². The van der Waals surface area contributed by atoms with E-state index in [9.17, 15) is 4.79 Å². The summed E-state index contributed by atoms with van der Waals surface area (Å²) in [4.78, 5) is 18.9. The van der Waals surface area contributed by atoms with Gasteiger partial charge in [-0.3, -0.25) is 4.79 Å². The van der Waals surface area contributed by atoms with Crippen molar-refractivity contribution in [3.05, 3.63) is 78.4 Å². The number of hydrogen-bond donors (Lipinski definition) is 1. The Balaban J connectivity index is 0.000000165. The van der Waals surface area contributed by atoms with Crippen LogP contribution in [-0.2, 0) is 6.54 Å². The van der Waals surface area contributed by atoms with E-state index in [1.54, 1.807) is 28.5 Å². The van der Waals surface area contributed by atoms with Crippen LogP contribution >= 0.6 is 23.5 Å². The average Bonchev–Trinajstić information content (AvgIpc) is 3.46. The van der Waals surface area contributed by atoms with E-state index in [1.165, 1.54) is 11.8 Å². The summed E-state index contributed by atoms with van der Waals surface area (Å²) in [5, 5.41) is 13.5. The average molecular weight is 464 g/mol. The second-order valence-corrected chi connectivity index (χ2v) is 8.13. The molecule has 5 aromatic rings. The summed E-state index contributed by atoms with van der Waals surface area (Å²) in [5.41, 5.74) is 4.63. The minimum atomic E-state index is 0.549. The number of benzene rings is 1. The molecule has 0 saturated heterocycles. The largest absolute Gasteiger partial charge is 0.379 e. The monoisotopic (exact) mass is 463 g/mol. The molecule has 0 unspecified atom stereocenters. The zero-order valence-electron chi connectivity index (χ0n) is 17.5. The number of anilines is 1. The summed E-state index contributed by atoms with van der Waals surface area (Å²) in [6, 6.07) is 17.8. The van der Waals surface area contributed by atoms with Crippen LogP contribution in [-0.4, -0.2) is 48.0 Å². The van der Waals surface area contributed by atoms with E-state index in [1.807, 2.05) is 53.6 Å². The van der Waals surface area contributed by atoms with Crippen LogP contribution in [0.25, 0.3) is 11.0 Å². The van der Waals surface area contributed by atoms with Crippen LogP contribution < -0.4 is 5.32 Å². The van der Waals surface area contributed by atoms with Gasteiger partial charge in [-0.05, 0) is 48.9 Å². The summed E-state index contributed by atoms with van der Waals surface area (Å²) < 4.78 is 3.53. The first-order valence-corrected chi connectivity index (χ1v) is 12.2. The van der Waals surface area contributed by atoms with E-state index in [4.69, 9.17) is 0 Å². The topological polar surface area (TPSA) is 89.5 Å². The van der Waals surface area contributed by atoms with Crippen molar-refractivity contribution in [1.82, 2.24) is 29.2 Å². The number of hydrogen-bond acceptors (Lipinski definition) is 8. The molecular formula is C22H21N7OS2. The van der Waals surface area contributed by atoms with Crippen molar-refractivity contribution in [1.29, 1.82) is 0 Å². The van der Waals surface area contributed by atoms with Gasteiger partial charge in [-0.1, -0.05) is 41.7 Å². The number of rotatable bonds is 6. The SMILES string of the molecule is CSc1ncc2ccc(C=O)n2n1.CSc1ncc2ccc(CNc3ccccc3)n2n1. The van der Waals surface area contributed by atoms with Gasteiger partial charge in [0.2, 0.25) is 10.3 Å². The predicted molar refractivity (Wildman–Crippen MR) is 129 cm³/mol. The molecule has 1 N–H and O–H groups in total. The number of carbonyl (C=O) groups excluding carboxylic acids is 1. The molecule has 0 bridgehead atoms. The summed E-state index contributed by atoms with van der Waals surface area (Å²) in [5.74, 6) is 0. The molecule has 4 heterocycles. The highest BCUT2D eigenvalue weighted by molar-refractivity contribution is 7.98. The molecule has 32 heavy (non-hydrogen) atoms. The molecule has 0 amide bonds. The lowest BCUT2D eigenvalue weighted by atomic mass is 10.3. The van der Waals surface area contributed by atoms with Crippen molar-refractivity contribution >= 4 is 46.5 Å². The van der Waals surface area contributed by atoms with E-state index < -0.39 is 0 Å². The van der Waals surface area contributed by atoms with Gasteiger partial charge in [0.15, 0.2) is 6.29 Å². The highest BCUT2D eigenvalue weighted by Crippen LogP contribution is 2.14. The van der Waals surface area contributed by atoms with Crippen LogP contribution in [0.3, 0.4) is 0 Å². The third kappa shape index (κ3) is 4.92. The van der Waals surface area contributed by atoms with Gasteiger partial charge >= 0.3 is 0 Å². The fourth-order valence-corrected chi connectivity index (χ4v) is 3.65. The van der Waals surface area contributed by atoms with Crippen LogP contribution in [0.5, 0.6) is 0 Å². The first-order valence-electron chi connectivity index (χ1n) is 9.72. The van der Waals surface area contributed by atoms with Crippen molar-refractivity contribution in [3.63, 3.8) is 0 Å². The van der Waals surface area contributed by atoms with E-state index in [2.05, 4.69) is 43.7 Å². The molecule has 10 heteroatoms. The van der Waals surface area contributed by atoms with Crippen LogP contribution in [0.1, 0.15) is 16.2 Å². The van der Waals surface area contributed by atoms with E-state index in [0.29, 0.717) is 10.9 Å². The van der Waals surface area contributed by atoms with Crippen LogP contribution in [0, 0.1) is 0 Å². The number of nitrogens with one attached hydrogen (secondary N) is 1. The lowest BCUT2D eigenvalue weighted by Gasteiger charge is -2.06. The van der Waals surface area contributed by atoms with Gasteiger partial charge in [0.25, 0.3) is 0 Å². The quantitative estimate of drug-likeness (QED) is 0.294. The molecule has 0 aliphatic rings. The van der Waals surface area contributed by atoms with Gasteiger partial charge in [0, 0.05) is 5.69 Å². The van der Waals surface area contributed by atoms with Crippen molar-refractivity contribution in [2.75, 3.05) is 17.8 Å². The smallest absolute Gasteiger partial charge is 0.207 e. The zero-order valence-corrected chi connectivity index (χ0v) is 19.2. The number of thioether (sulfide) groups is 2. The second-order valence-electron chi connectivity index (χ2n) is 6.58. The molecule has 162 valence electrons. The van der Waals surface area contributed by atoms with Crippen molar-refractivity contribution in [2.24, 2.45) is 0 Å². The Morgan fingerprint density at radius 2 is 1.47 bits per heavy atom. The number of aldehydes is 1. The normalized spacial score (nSPS) is 10.7. The standard InChI is InChI=1S/C14H14N4S.C8H7N3OS/c1-19-14-16-10-13-8-7-12(18(13)17-14)9-15-11-5-3-2-4-6-11;1-13-8-9-4-6-2-3-7(5-12)11(6)10-8/h2-8,10,15H,9H2,1H3;2-5H,1H3. The van der Waals surface area contributed by atoms with Gasteiger partial charge in [-0.2, -0.15) is 0 Å². The molecule has 0 radical (unpaired) electrons. The van der Waals surface area contributed by atoms with Crippen molar-refractivity contribution < 1.29 is 4.79 Å².